The first-order valence-corrected chi connectivity index (χ1v) is 7.98. The summed E-state index contributed by atoms with van der Waals surface area (Å²) in [6, 6.07) is 6.96. The van der Waals surface area contributed by atoms with Crippen LogP contribution in [0, 0.1) is 15.5 Å². The summed E-state index contributed by atoms with van der Waals surface area (Å²) in [6.07, 6.45) is 1.25. The number of nitrogens with one attached hydrogen (secondary N) is 1. The van der Waals surface area contributed by atoms with Crippen molar-refractivity contribution in [3.05, 3.63) is 34.4 Å². The highest BCUT2D eigenvalue weighted by atomic mass is 16.6. The highest BCUT2D eigenvalue weighted by Crippen LogP contribution is 2.27. The van der Waals surface area contributed by atoms with E-state index in [1.165, 1.54) is 6.42 Å². The quantitative estimate of drug-likeness (QED) is 0.678. The number of hydrogen-bond acceptors (Lipinski definition) is 5. The molecule has 2 saturated heterocycles. The van der Waals surface area contributed by atoms with Gasteiger partial charge in [0.1, 0.15) is 0 Å². The van der Waals surface area contributed by atoms with Gasteiger partial charge in [-0.1, -0.05) is 13.0 Å². The minimum atomic E-state index is -0.326. The number of non-ortho nitro benzene ring substituents is 1. The first-order valence-electron chi connectivity index (χ1n) is 7.98. The van der Waals surface area contributed by atoms with Crippen LogP contribution in [0.1, 0.15) is 13.3 Å². The van der Waals surface area contributed by atoms with E-state index in [2.05, 4.69) is 22.0 Å². The van der Waals surface area contributed by atoms with E-state index in [0.29, 0.717) is 5.41 Å². The fourth-order valence-electron chi connectivity index (χ4n) is 3.51. The molecule has 0 saturated carbocycles. The Hall–Kier alpha value is -1.66. The standard InChI is InChI=1S/C16H24N4O2/c1-16(5-6-17-12-16)13-18-7-9-19(10-8-18)14-3-2-4-15(11-14)20(21)22/h2-4,11,17H,5-10,12-13H2,1H3. The number of piperazine rings is 1. The van der Waals surface area contributed by atoms with Crippen LogP contribution >= 0.6 is 0 Å². The summed E-state index contributed by atoms with van der Waals surface area (Å²) < 4.78 is 0. The van der Waals surface area contributed by atoms with Gasteiger partial charge in [-0.25, -0.2) is 0 Å². The number of rotatable bonds is 4. The van der Waals surface area contributed by atoms with Gasteiger partial charge in [0.05, 0.1) is 4.92 Å². The smallest absolute Gasteiger partial charge is 0.271 e. The molecule has 1 unspecified atom stereocenters. The van der Waals surface area contributed by atoms with Crippen LogP contribution in [0.15, 0.2) is 24.3 Å². The van der Waals surface area contributed by atoms with Crippen molar-refractivity contribution in [2.75, 3.05) is 50.7 Å². The van der Waals surface area contributed by atoms with Crippen molar-refractivity contribution in [2.24, 2.45) is 5.41 Å². The summed E-state index contributed by atoms with van der Waals surface area (Å²) in [5.74, 6) is 0. The average Bonchev–Trinajstić information content (AvgIpc) is 2.94. The van der Waals surface area contributed by atoms with Gasteiger partial charge in [0.15, 0.2) is 0 Å². The lowest BCUT2D eigenvalue weighted by atomic mass is 9.89. The molecule has 1 atom stereocenters. The lowest BCUT2D eigenvalue weighted by Crippen LogP contribution is -2.49. The highest BCUT2D eigenvalue weighted by Gasteiger charge is 2.31. The topological polar surface area (TPSA) is 61.7 Å². The fourth-order valence-corrected chi connectivity index (χ4v) is 3.51. The van der Waals surface area contributed by atoms with Gasteiger partial charge in [-0.05, 0) is 24.4 Å². The molecule has 0 radical (unpaired) electrons. The number of hydrogen-bond donors (Lipinski definition) is 1. The third-order valence-corrected chi connectivity index (χ3v) is 4.84. The molecule has 0 aliphatic carbocycles. The highest BCUT2D eigenvalue weighted by molar-refractivity contribution is 5.53. The van der Waals surface area contributed by atoms with Crippen LogP contribution in [-0.2, 0) is 0 Å². The maximum atomic E-state index is 10.9. The zero-order valence-electron chi connectivity index (χ0n) is 13.1. The Morgan fingerprint density at radius 3 is 2.73 bits per heavy atom. The van der Waals surface area contributed by atoms with E-state index in [4.69, 9.17) is 0 Å². The van der Waals surface area contributed by atoms with E-state index >= 15 is 0 Å². The Morgan fingerprint density at radius 2 is 2.09 bits per heavy atom. The average molecular weight is 304 g/mol. The second-order valence-corrected chi connectivity index (χ2v) is 6.78. The SMILES string of the molecule is CC1(CN2CCN(c3cccc([N+](=O)[O-])c3)CC2)CCNC1. The van der Waals surface area contributed by atoms with E-state index in [0.717, 1.165) is 51.5 Å². The zero-order chi connectivity index (χ0) is 15.6. The van der Waals surface area contributed by atoms with Crippen LogP contribution < -0.4 is 10.2 Å². The van der Waals surface area contributed by atoms with Crippen LogP contribution in [0.4, 0.5) is 11.4 Å². The van der Waals surface area contributed by atoms with Crippen LogP contribution in [-0.4, -0.2) is 55.6 Å². The number of anilines is 1. The van der Waals surface area contributed by atoms with Gasteiger partial charge < -0.3 is 10.2 Å². The maximum absolute atomic E-state index is 10.9. The Labute approximate surface area is 131 Å². The van der Waals surface area contributed by atoms with Crippen molar-refractivity contribution < 1.29 is 4.92 Å². The normalized spacial score (nSPS) is 26.3. The lowest BCUT2D eigenvalue weighted by Gasteiger charge is -2.39. The number of nitrogens with zero attached hydrogens (tertiary/aromatic N) is 3. The van der Waals surface area contributed by atoms with Crippen LogP contribution in [0.25, 0.3) is 0 Å². The van der Waals surface area contributed by atoms with Crippen LogP contribution in [0.5, 0.6) is 0 Å². The molecule has 6 nitrogen and oxygen atoms in total. The molecule has 0 bridgehead atoms. The Kier molecular flexibility index (Phi) is 4.31. The van der Waals surface area contributed by atoms with Crippen molar-refractivity contribution in [3.63, 3.8) is 0 Å². The van der Waals surface area contributed by atoms with Crippen molar-refractivity contribution in [1.29, 1.82) is 0 Å². The molecule has 0 spiro atoms. The second-order valence-electron chi connectivity index (χ2n) is 6.78. The predicted octanol–water partition coefficient (Wildman–Crippen LogP) is 1.72. The molecule has 3 rings (SSSR count). The molecule has 0 aromatic heterocycles. The Morgan fingerprint density at radius 1 is 1.32 bits per heavy atom. The van der Waals surface area contributed by atoms with Crippen molar-refractivity contribution >= 4 is 11.4 Å². The molecule has 2 aliphatic heterocycles. The lowest BCUT2D eigenvalue weighted by molar-refractivity contribution is -0.384. The molecule has 120 valence electrons. The molecule has 6 heteroatoms. The number of benzene rings is 1. The zero-order valence-corrected chi connectivity index (χ0v) is 13.1. The van der Waals surface area contributed by atoms with E-state index in [1.807, 2.05) is 6.07 Å². The van der Waals surface area contributed by atoms with Gasteiger partial charge in [0.2, 0.25) is 0 Å². The summed E-state index contributed by atoms with van der Waals surface area (Å²) in [4.78, 5) is 15.3. The third-order valence-electron chi connectivity index (χ3n) is 4.84. The van der Waals surface area contributed by atoms with E-state index < -0.39 is 0 Å². The van der Waals surface area contributed by atoms with Crippen molar-refractivity contribution in [1.82, 2.24) is 10.2 Å². The van der Waals surface area contributed by atoms with E-state index in [-0.39, 0.29) is 10.6 Å². The second kappa shape index (κ2) is 6.22. The van der Waals surface area contributed by atoms with Crippen LogP contribution in [0.3, 0.4) is 0 Å². The van der Waals surface area contributed by atoms with Crippen molar-refractivity contribution in [2.45, 2.75) is 13.3 Å². The van der Waals surface area contributed by atoms with Gasteiger partial charge in [0.25, 0.3) is 5.69 Å². The Bertz CT molecular complexity index is 535. The monoisotopic (exact) mass is 304 g/mol. The summed E-state index contributed by atoms with van der Waals surface area (Å²) in [7, 11) is 0. The van der Waals surface area contributed by atoms with Gasteiger partial charge in [-0.3, -0.25) is 15.0 Å². The summed E-state index contributed by atoms with van der Waals surface area (Å²) >= 11 is 0. The summed E-state index contributed by atoms with van der Waals surface area (Å²) in [5.41, 5.74) is 1.53. The molecule has 2 aliphatic rings. The molecule has 1 aromatic carbocycles. The Balaban J connectivity index is 1.57. The predicted molar refractivity (Wildman–Crippen MR) is 87.3 cm³/mol. The van der Waals surface area contributed by atoms with E-state index in [9.17, 15) is 10.1 Å². The minimum absolute atomic E-state index is 0.171. The molecule has 0 amide bonds. The number of nitro benzene ring substituents is 1. The summed E-state index contributed by atoms with van der Waals surface area (Å²) in [6.45, 7) is 9.66. The van der Waals surface area contributed by atoms with Gasteiger partial charge >= 0.3 is 0 Å². The van der Waals surface area contributed by atoms with Crippen molar-refractivity contribution in [3.8, 4) is 0 Å². The molecule has 22 heavy (non-hydrogen) atoms. The molecular formula is C16H24N4O2. The third kappa shape index (κ3) is 3.39. The minimum Gasteiger partial charge on any atom is -0.369 e. The largest absolute Gasteiger partial charge is 0.369 e. The first-order chi connectivity index (χ1) is 10.6. The summed E-state index contributed by atoms with van der Waals surface area (Å²) in [5, 5.41) is 14.3. The molecular weight excluding hydrogens is 280 g/mol. The first kappa shape index (κ1) is 15.2. The van der Waals surface area contributed by atoms with Gasteiger partial charge in [0, 0.05) is 57.1 Å². The van der Waals surface area contributed by atoms with Gasteiger partial charge in [-0.15, -0.1) is 0 Å². The fraction of sp³-hybridized carbons (Fsp3) is 0.625. The number of nitro groups is 1. The van der Waals surface area contributed by atoms with E-state index in [1.54, 1.807) is 18.2 Å². The maximum Gasteiger partial charge on any atom is 0.271 e. The molecule has 1 N–H and O–H groups in total. The molecule has 2 heterocycles. The molecule has 2 fully saturated rings. The van der Waals surface area contributed by atoms with Gasteiger partial charge in [-0.2, -0.15) is 0 Å². The van der Waals surface area contributed by atoms with Crippen LogP contribution in [0.2, 0.25) is 0 Å². The molecule has 1 aromatic rings.